The second-order valence-electron chi connectivity index (χ2n) is 8.23. The van der Waals surface area contributed by atoms with Gasteiger partial charge in [0.15, 0.2) is 0 Å². The molecule has 1 saturated heterocycles. The maximum Gasteiger partial charge on any atom is 0.237 e. The van der Waals surface area contributed by atoms with E-state index in [9.17, 15) is 9.18 Å². The van der Waals surface area contributed by atoms with Crippen LogP contribution in [-0.2, 0) is 17.9 Å². The van der Waals surface area contributed by atoms with Gasteiger partial charge in [-0.15, -0.1) is 0 Å². The van der Waals surface area contributed by atoms with Crippen LogP contribution >= 0.6 is 0 Å². The van der Waals surface area contributed by atoms with E-state index in [-0.39, 0.29) is 17.8 Å². The van der Waals surface area contributed by atoms with Gasteiger partial charge in [-0.1, -0.05) is 61.0 Å². The summed E-state index contributed by atoms with van der Waals surface area (Å²) >= 11 is 0. The Labute approximate surface area is 189 Å². The van der Waals surface area contributed by atoms with Gasteiger partial charge in [-0.3, -0.25) is 9.69 Å². The molecule has 3 aromatic carbocycles. The zero-order chi connectivity index (χ0) is 22.3. The molecule has 166 valence electrons. The number of benzene rings is 3. The van der Waals surface area contributed by atoms with E-state index < -0.39 is 0 Å². The third kappa shape index (κ3) is 5.35. The zero-order valence-electron chi connectivity index (χ0n) is 18.4. The number of nitrogens with zero attached hydrogens (tertiary/aromatic N) is 1. The summed E-state index contributed by atoms with van der Waals surface area (Å²) < 4.78 is 18.9. The second kappa shape index (κ2) is 10.4. The van der Waals surface area contributed by atoms with Gasteiger partial charge in [0.25, 0.3) is 0 Å². The predicted molar refractivity (Wildman–Crippen MR) is 125 cm³/mol. The predicted octanol–water partition coefficient (Wildman–Crippen LogP) is 5.17. The average molecular weight is 433 g/mol. The van der Waals surface area contributed by atoms with Crippen molar-refractivity contribution in [2.75, 3.05) is 13.7 Å². The molecule has 1 amide bonds. The van der Waals surface area contributed by atoms with Gasteiger partial charge in [-0.25, -0.2) is 4.39 Å². The highest BCUT2D eigenvalue weighted by Gasteiger charge is 2.28. The van der Waals surface area contributed by atoms with Crippen molar-refractivity contribution in [3.8, 4) is 16.9 Å². The summed E-state index contributed by atoms with van der Waals surface area (Å²) in [5, 5.41) is 2.99. The first-order valence-corrected chi connectivity index (χ1v) is 11.1. The summed E-state index contributed by atoms with van der Waals surface area (Å²) in [6.45, 7) is 1.96. The van der Waals surface area contributed by atoms with Crippen LogP contribution in [-0.4, -0.2) is 30.5 Å². The lowest BCUT2D eigenvalue weighted by Crippen LogP contribution is -2.48. The van der Waals surface area contributed by atoms with Crippen LogP contribution in [0.2, 0.25) is 0 Å². The fourth-order valence-electron chi connectivity index (χ4n) is 4.34. The number of hydrogen-bond acceptors (Lipinski definition) is 3. The lowest BCUT2D eigenvalue weighted by atomic mass is 9.99. The number of methoxy groups -OCH3 is 1. The molecule has 1 atom stereocenters. The van der Waals surface area contributed by atoms with E-state index in [1.54, 1.807) is 13.2 Å². The monoisotopic (exact) mass is 432 g/mol. The van der Waals surface area contributed by atoms with Crippen molar-refractivity contribution in [1.82, 2.24) is 10.2 Å². The first kappa shape index (κ1) is 22.0. The Hall–Kier alpha value is -3.18. The number of likely N-dealkylation sites (tertiary alicyclic amines) is 1. The van der Waals surface area contributed by atoms with E-state index >= 15 is 0 Å². The smallest absolute Gasteiger partial charge is 0.237 e. The van der Waals surface area contributed by atoms with Crippen LogP contribution in [0.1, 0.15) is 30.4 Å². The van der Waals surface area contributed by atoms with E-state index in [0.29, 0.717) is 6.54 Å². The first-order valence-electron chi connectivity index (χ1n) is 11.1. The quantitative estimate of drug-likeness (QED) is 0.560. The Morgan fingerprint density at radius 2 is 1.84 bits per heavy atom. The van der Waals surface area contributed by atoms with Crippen molar-refractivity contribution < 1.29 is 13.9 Å². The van der Waals surface area contributed by atoms with Crippen LogP contribution in [0.25, 0.3) is 11.1 Å². The highest BCUT2D eigenvalue weighted by Crippen LogP contribution is 2.30. The maximum atomic E-state index is 13.4. The molecule has 3 aromatic rings. The number of carbonyl (C=O) groups is 1. The summed E-state index contributed by atoms with van der Waals surface area (Å²) in [5.41, 5.74) is 4.12. The molecular weight excluding hydrogens is 403 g/mol. The number of halogens is 1. The van der Waals surface area contributed by atoms with Crippen LogP contribution in [0.15, 0.2) is 72.8 Å². The summed E-state index contributed by atoms with van der Waals surface area (Å²) in [5.74, 6) is 0.582. The van der Waals surface area contributed by atoms with Crippen LogP contribution < -0.4 is 10.1 Å². The minimum Gasteiger partial charge on any atom is -0.496 e. The van der Waals surface area contributed by atoms with Crippen LogP contribution in [0, 0.1) is 5.82 Å². The standard InChI is InChI=1S/C27H29FN2O2/c1-32-26-11-3-2-9-24(26)22-14-12-20(13-15-22)19-30-16-5-4-10-25(30)27(31)29-18-21-7-6-8-23(28)17-21/h2-3,6-9,11-15,17,25H,4-5,10,16,18-19H2,1H3,(H,29,31). The molecule has 1 heterocycles. The second-order valence-corrected chi connectivity index (χ2v) is 8.23. The van der Waals surface area contributed by atoms with Gasteiger partial charge in [0.05, 0.1) is 13.2 Å². The summed E-state index contributed by atoms with van der Waals surface area (Å²) in [7, 11) is 1.68. The number of amides is 1. The van der Waals surface area contributed by atoms with E-state index in [1.165, 1.54) is 17.7 Å². The minimum absolute atomic E-state index is 0.0135. The number of piperidine rings is 1. The Kier molecular flexibility index (Phi) is 7.17. The molecule has 1 aliphatic rings. The fourth-order valence-corrected chi connectivity index (χ4v) is 4.34. The molecule has 1 N–H and O–H groups in total. The van der Waals surface area contributed by atoms with Crippen molar-refractivity contribution in [3.05, 3.63) is 89.7 Å². The van der Waals surface area contributed by atoms with E-state index in [2.05, 4.69) is 40.5 Å². The van der Waals surface area contributed by atoms with E-state index in [0.717, 1.165) is 54.8 Å². The lowest BCUT2D eigenvalue weighted by molar-refractivity contribution is -0.128. The molecule has 0 aliphatic carbocycles. The van der Waals surface area contributed by atoms with Crippen molar-refractivity contribution in [2.24, 2.45) is 0 Å². The van der Waals surface area contributed by atoms with Crippen molar-refractivity contribution in [1.29, 1.82) is 0 Å². The third-order valence-corrected chi connectivity index (χ3v) is 6.03. The molecule has 0 saturated carbocycles. The molecular formula is C27H29FN2O2. The molecule has 0 spiro atoms. The molecule has 5 heteroatoms. The topological polar surface area (TPSA) is 41.6 Å². The van der Waals surface area contributed by atoms with Gasteiger partial charge < -0.3 is 10.1 Å². The normalized spacial score (nSPS) is 16.5. The van der Waals surface area contributed by atoms with Crippen LogP contribution in [0.3, 0.4) is 0 Å². The summed E-state index contributed by atoms with van der Waals surface area (Å²) in [6.07, 6.45) is 2.97. The first-order chi connectivity index (χ1) is 15.6. The van der Waals surface area contributed by atoms with Gasteiger partial charge in [0, 0.05) is 18.7 Å². The number of rotatable bonds is 7. The highest BCUT2D eigenvalue weighted by atomic mass is 19.1. The van der Waals surface area contributed by atoms with Crippen LogP contribution in [0.5, 0.6) is 5.75 Å². The van der Waals surface area contributed by atoms with Gasteiger partial charge in [-0.05, 0) is 54.3 Å². The fraction of sp³-hybridized carbons (Fsp3) is 0.296. The van der Waals surface area contributed by atoms with Gasteiger partial charge in [0.2, 0.25) is 5.91 Å². The molecule has 4 rings (SSSR count). The third-order valence-electron chi connectivity index (χ3n) is 6.03. The largest absolute Gasteiger partial charge is 0.496 e. The molecule has 1 aliphatic heterocycles. The Bertz CT molecular complexity index is 1050. The molecule has 32 heavy (non-hydrogen) atoms. The highest BCUT2D eigenvalue weighted by molar-refractivity contribution is 5.81. The summed E-state index contributed by atoms with van der Waals surface area (Å²) in [6, 6.07) is 22.6. The number of hydrogen-bond donors (Lipinski definition) is 1. The number of ether oxygens (including phenoxy) is 1. The Morgan fingerprint density at radius 1 is 1.03 bits per heavy atom. The number of nitrogens with one attached hydrogen (secondary N) is 1. The molecule has 1 unspecified atom stereocenters. The molecule has 0 radical (unpaired) electrons. The number of carbonyl (C=O) groups excluding carboxylic acids is 1. The molecule has 0 bridgehead atoms. The lowest BCUT2D eigenvalue weighted by Gasteiger charge is -2.34. The minimum atomic E-state index is -0.285. The van der Waals surface area contributed by atoms with E-state index in [4.69, 9.17) is 4.74 Å². The van der Waals surface area contributed by atoms with Gasteiger partial charge >= 0.3 is 0 Å². The summed E-state index contributed by atoms with van der Waals surface area (Å²) in [4.78, 5) is 15.2. The van der Waals surface area contributed by atoms with Crippen molar-refractivity contribution >= 4 is 5.91 Å². The van der Waals surface area contributed by atoms with Crippen molar-refractivity contribution in [2.45, 2.75) is 38.4 Å². The van der Waals surface area contributed by atoms with Gasteiger partial charge in [-0.2, -0.15) is 0 Å². The molecule has 1 fully saturated rings. The Balaban J connectivity index is 1.41. The zero-order valence-corrected chi connectivity index (χ0v) is 18.4. The molecule has 4 nitrogen and oxygen atoms in total. The van der Waals surface area contributed by atoms with Crippen molar-refractivity contribution in [3.63, 3.8) is 0 Å². The van der Waals surface area contributed by atoms with Crippen LogP contribution in [0.4, 0.5) is 4.39 Å². The van der Waals surface area contributed by atoms with E-state index in [1.807, 2.05) is 24.3 Å². The van der Waals surface area contributed by atoms with Gasteiger partial charge in [0.1, 0.15) is 11.6 Å². The SMILES string of the molecule is COc1ccccc1-c1ccc(CN2CCCCC2C(=O)NCc2cccc(F)c2)cc1. The Morgan fingerprint density at radius 3 is 2.62 bits per heavy atom. The average Bonchev–Trinajstić information content (AvgIpc) is 2.83. The maximum absolute atomic E-state index is 13.4. The molecule has 0 aromatic heterocycles. The number of para-hydroxylation sites is 1.